The summed E-state index contributed by atoms with van der Waals surface area (Å²) in [7, 11) is -3.32. The Kier molecular flexibility index (Phi) is 6.67. The number of morpholine rings is 1. The molecule has 9 nitrogen and oxygen atoms in total. The predicted octanol–water partition coefficient (Wildman–Crippen LogP) is 3.44. The molecule has 2 atom stereocenters. The van der Waals surface area contributed by atoms with Crippen molar-refractivity contribution < 1.29 is 17.9 Å². The highest BCUT2D eigenvalue weighted by Crippen LogP contribution is 2.54. The van der Waals surface area contributed by atoms with Gasteiger partial charge in [0.25, 0.3) is 5.91 Å². The number of aromatic nitrogens is 2. The first-order chi connectivity index (χ1) is 17.1. The minimum Gasteiger partial charge on any atom is -0.375 e. The minimum absolute atomic E-state index is 0.125. The lowest BCUT2D eigenvalue weighted by molar-refractivity contribution is 0.0529. The molecule has 1 amide bonds. The van der Waals surface area contributed by atoms with Gasteiger partial charge in [-0.15, -0.1) is 0 Å². The molecule has 2 aromatic heterocycles. The second kappa shape index (κ2) is 9.63. The molecule has 2 aromatic rings. The van der Waals surface area contributed by atoms with E-state index in [1.54, 1.807) is 25.1 Å². The van der Waals surface area contributed by atoms with Crippen LogP contribution in [0.2, 0.25) is 0 Å². The molecule has 1 spiro atoms. The standard InChI is InChI=1S/C26H35N5O4S/c1-18-17-31(15-16-35-18)23-6-4-5-22(28-23)29-25(32)20-7-8-21(19(2)36(3,33)34)27-24(20)30-13-11-26(9-10-26)12-14-30/h4-8,18-19H,9-17H2,1-3H3,(H,28,29,32)/t18-,19?/m1/s1. The van der Waals surface area contributed by atoms with Crippen LogP contribution in [-0.2, 0) is 14.6 Å². The van der Waals surface area contributed by atoms with Gasteiger partial charge in [0, 0.05) is 32.4 Å². The molecule has 1 aliphatic carbocycles. The van der Waals surface area contributed by atoms with Gasteiger partial charge in [0.05, 0.1) is 24.0 Å². The Morgan fingerprint density at radius 2 is 1.83 bits per heavy atom. The Hall–Kier alpha value is -2.72. The zero-order valence-corrected chi connectivity index (χ0v) is 22.1. The van der Waals surface area contributed by atoms with Gasteiger partial charge in [0.1, 0.15) is 22.7 Å². The largest absolute Gasteiger partial charge is 0.375 e. The maximum atomic E-state index is 13.5. The van der Waals surface area contributed by atoms with Crippen LogP contribution < -0.4 is 15.1 Å². The first kappa shape index (κ1) is 25.0. The molecule has 0 aromatic carbocycles. The molecule has 10 heteroatoms. The van der Waals surface area contributed by atoms with Crippen molar-refractivity contribution in [3.63, 3.8) is 0 Å². The van der Waals surface area contributed by atoms with Crippen LogP contribution in [0.5, 0.6) is 0 Å². The number of sulfone groups is 1. The second-order valence-corrected chi connectivity index (χ2v) is 12.9. The normalized spacial score (nSPS) is 22.4. The molecule has 2 saturated heterocycles. The van der Waals surface area contributed by atoms with Crippen molar-refractivity contribution in [2.24, 2.45) is 5.41 Å². The third-order valence-electron chi connectivity index (χ3n) is 7.82. The third kappa shape index (κ3) is 5.34. The molecular formula is C26H35N5O4S. The van der Waals surface area contributed by atoms with Crippen LogP contribution >= 0.6 is 0 Å². The maximum absolute atomic E-state index is 13.5. The van der Waals surface area contributed by atoms with Gasteiger partial charge in [-0.05, 0) is 69.2 Å². The van der Waals surface area contributed by atoms with Gasteiger partial charge in [-0.3, -0.25) is 4.79 Å². The Bertz CT molecular complexity index is 1240. The summed E-state index contributed by atoms with van der Waals surface area (Å²) in [6.07, 6.45) is 6.03. The molecule has 5 rings (SSSR count). The number of carbonyl (C=O) groups is 1. The van der Waals surface area contributed by atoms with E-state index in [2.05, 4.69) is 20.1 Å². The number of hydrogen-bond acceptors (Lipinski definition) is 8. The van der Waals surface area contributed by atoms with E-state index >= 15 is 0 Å². The zero-order valence-electron chi connectivity index (χ0n) is 21.2. The fourth-order valence-corrected chi connectivity index (χ4v) is 5.65. The summed E-state index contributed by atoms with van der Waals surface area (Å²) in [5.41, 5.74) is 1.36. The van der Waals surface area contributed by atoms with Gasteiger partial charge in [-0.2, -0.15) is 0 Å². The molecule has 1 saturated carbocycles. The number of rotatable bonds is 6. The van der Waals surface area contributed by atoms with Crippen LogP contribution in [0.15, 0.2) is 30.3 Å². The number of ether oxygens (including phenoxy) is 1. The van der Waals surface area contributed by atoms with Crippen molar-refractivity contribution in [2.75, 3.05) is 54.2 Å². The van der Waals surface area contributed by atoms with Crippen LogP contribution in [0.3, 0.4) is 0 Å². The number of carbonyl (C=O) groups excluding carboxylic acids is 1. The lowest BCUT2D eigenvalue weighted by Gasteiger charge is -2.34. The lowest BCUT2D eigenvalue weighted by Crippen LogP contribution is -2.41. The molecule has 3 aliphatic rings. The van der Waals surface area contributed by atoms with Gasteiger partial charge < -0.3 is 19.9 Å². The molecular weight excluding hydrogens is 478 g/mol. The van der Waals surface area contributed by atoms with E-state index < -0.39 is 15.1 Å². The van der Waals surface area contributed by atoms with E-state index in [9.17, 15) is 13.2 Å². The number of anilines is 3. The Balaban J connectivity index is 1.40. The molecule has 36 heavy (non-hydrogen) atoms. The highest BCUT2D eigenvalue weighted by molar-refractivity contribution is 7.90. The lowest BCUT2D eigenvalue weighted by atomic mass is 9.93. The highest BCUT2D eigenvalue weighted by Gasteiger charge is 2.45. The molecule has 1 unspecified atom stereocenters. The summed E-state index contributed by atoms with van der Waals surface area (Å²) in [5.74, 6) is 1.51. The number of amides is 1. The number of nitrogens with zero attached hydrogens (tertiary/aromatic N) is 4. The molecule has 2 aliphatic heterocycles. The van der Waals surface area contributed by atoms with E-state index in [1.807, 2.05) is 19.1 Å². The summed E-state index contributed by atoms with van der Waals surface area (Å²) in [6, 6.07) is 8.94. The summed E-state index contributed by atoms with van der Waals surface area (Å²) in [5, 5.41) is 2.20. The van der Waals surface area contributed by atoms with Gasteiger partial charge in [-0.25, -0.2) is 18.4 Å². The quantitative estimate of drug-likeness (QED) is 0.626. The van der Waals surface area contributed by atoms with Crippen molar-refractivity contribution in [1.29, 1.82) is 0 Å². The molecule has 0 bridgehead atoms. The Morgan fingerprint density at radius 1 is 1.08 bits per heavy atom. The van der Waals surface area contributed by atoms with Crippen molar-refractivity contribution in [2.45, 2.75) is 50.9 Å². The maximum Gasteiger partial charge on any atom is 0.260 e. The SMILES string of the molecule is CC(c1ccc(C(=O)Nc2cccc(N3CCO[C@H](C)C3)n2)c(N2CCC3(CC2)CC3)n1)S(C)(=O)=O. The van der Waals surface area contributed by atoms with Gasteiger partial charge in [-0.1, -0.05) is 6.07 Å². The predicted molar refractivity (Wildman–Crippen MR) is 140 cm³/mol. The average molecular weight is 514 g/mol. The van der Waals surface area contributed by atoms with Crippen LogP contribution in [0.25, 0.3) is 0 Å². The molecule has 3 fully saturated rings. The monoisotopic (exact) mass is 513 g/mol. The highest BCUT2D eigenvalue weighted by atomic mass is 32.2. The minimum atomic E-state index is -3.32. The van der Waals surface area contributed by atoms with Crippen molar-refractivity contribution in [1.82, 2.24) is 9.97 Å². The van der Waals surface area contributed by atoms with E-state index in [4.69, 9.17) is 9.72 Å². The Labute approximate surface area is 213 Å². The topological polar surface area (TPSA) is 105 Å². The van der Waals surface area contributed by atoms with Crippen molar-refractivity contribution in [3.05, 3.63) is 41.6 Å². The van der Waals surface area contributed by atoms with E-state index in [0.29, 0.717) is 34.9 Å². The first-order valence-corrected chi connectivity index (χ1v) is 14.7. The van der Waals surface area contributed by atoms with E-state index in [1.165, 1.54) is 19.1 Å². The number of pyridine rings is 2. The number of nitrogens with one attached hydrogen (secondary N) is 1. The van der Waals surface area contributed by atoms with Gasteiger partial charge in [0.2, 0.25) is 0 Å². The van der Waals surface area contributed by atoms with Crippen molar-refractivity contribution >= 4 is 33.2 Å². The van der Waals surface area contributed by atoms with Gasteiger partial charge >= 0.3 is 0 Å². The number of hydrogen-bond donors (Lipinski definition) is 1. The average Bonchev–Trinajstić information content (AvgIpc) is 3.62. The van der Waals surface area contributed by atoms with E-state index in [-0.39, 0.29) is 12.0 Å². The molecule has 0 radical (unpaired) electrons. The fourth-order valence-electron chi connectivity index (χ4n) is 5.08. The summed E-state index contributed by atoms with van der Waals surface area (Å²) < 4.78 is 30.0. The van der Waals surface area contributed by atoms with Crippen LogP contribution in [0, 0.1) is 5.41 Å². The van der Waals surface area contributed by atoms with Gasteiger partial charge in [0.15, 0.2) is 9.84 Å². The molecule has 194 valence electrons. The third-order valence-corrected chi connectivity index (χ3v) is 9.35. The van der Waals surface area contributed by atoms with Crippen LogP contribution in [0.4, 0.5) is 17.5 Å². The Morgan fingerprint density at radius 3 is 2.50 bits per heavy atom. The summed E-state index contributed by atoms with van der Waals surface area (Å²) >= 11 is 0. The fraction of sp³-hybridized carbons (Fsp3) is 0.577. The van der Waals surface area contributed by atoms with Crippen LogP contribution in [-0.4, -0.2) is 69.4 Å². The smallest absolute Gasteiger partial charge is 0.260 e. The number of piperidine rings is 1. The second-order valence-electron chi connectivity index (χ2n) is 10.5. The summed E-state index contributed by atoms with van der Waals surface area (Å²) in [4.78, 5) is 27.2. The first-order valence-electron chi connectivity index (χ1n) is 12.7. The summed E-state index contributed by atoms with van der Waals surface area (Å²) in [6.45, 7) is 7.43. The molecule has 1 N–H and O–H groups in total. The van der Waals surface area contributed by atoms with Crippen LogP contribution in [0.1, 0.15) is 60.8 Å². The van der Waals surface area contributed by atoms with E-state index in [0.717, 1.165) is 44.8 Å². The zero-order chi connectivity index (χ0) is 25.5. The van der Waals surface area contributed by atoms with Crippen molar-refractivity contribution in [3.8, 4) is 0 Å². The molecule has 4 heterocycles.